The van der Waals surface area contributed by atoms with Gasteiger partial charge in [-0.3, -0.25) is 4.79 Å². The summed E-state index contributed by atoms with van der Waals surface area (Å²) in [6.07, 6.45) is 12.5. The third kappa shape index (κ3) is 3.01. The zero-order valence-corrected chi connectivity index (χ0v) is 17.3. The van der Waals surface area contributed by atoms with Gasteiger partial charge in [-0.05, 0) is 97.5 Å². The van der Waals surface area contributed by atoms with E-state index in [9.17, 15) is 9.90 Å². The van der Waals surface area contributed by atoms with Gasteiger partial charge >= 0.3 is 5.97 Å². The fourth-order valence-electron chi connectivity index (χ4n) is 7.28. The lowest BCUT2D eigenvalue weighted by atomic mass is 9.51. The summed E-state index contributed by atoms with van der Waals surface area (Å²) >= 11 is 0. The van der Waals surface area contributed by atoms with Crippen LogP contribution in [0.25, 0.3) is 0 Å². The van der Waals surface area contributed by atoms with Crippen LogP contribution in [0.15, 0.2) is 22.8 Å². The zero-order chi connectivity index (χ0) is 19.4. The number of aliphatic hydroxyl groups excluding tert-OH is 1. The highest BCUT2D eigenvalue weighted by molar-refractivity contribution is 5.66. The highest BCUT2D eigenvalue weighted by Gasteiger charge is 2.52. The molecule has 0 heterocycles. The van der Waals surface area contributed by atoms with Crippen LogP contribution in [0.3, 0.4) is 0 Å². The van der Waals surface area contributed by atoms with Gasteiger partial charge in [0.2, 0.25) is 0 Å². The Morgan fingerprint density at radius 3 is 2.74 bits per heavy atom. The number of allylic oxidation sites excluding steroid dienone is 4. The lowest BCUT2D eigenvalue weighted by molar-refractivity contribution is -0.137. The molecule has 1 fully saturated rings. The van der Waals surface area contributed by atoms with E-state index in [1.807, 2.05) is 0 Å². The second-order valence-corrected chi connectivity index (χ2v) is 10.3. The molecule has 6 atom stereocenters. The lowest BCUT2D eigenvalue weighted by Gasteiger charge is -2.53. The Hall–Kier alpha value is -1.09. The van der Waals surface area contributed by atoms with E-state index in [-0.39, 0.29) is 11.5 Å². The van der Waals surface area contributed by atoms with Crippen molar-refractivity contribution in [3.05, 3.63) is 22.8 Å². The quantitative estimate of drug-likeness (QED) is 0.686. The molecule has 0 aromatic rings. The predicted octanol–water partition coefficient (Wildman–Crippen LogP) is 5.49. The number of aliphatic hydroxyl groups is 1. The number of hydrogen-bond donors (Lipinski definition) is 2. The van der Waals surface area contributed by atoms with Crippen molar-refractivity contribution in [2.75, 3.05) is 0 Å². The summed E-state index contributed by atoms with van der Waals surface area (Å²) in [4.78, 5) is 11.0. The molecule has 2 N–H and O–H groups in total. The minimum absolute atomic E-state index is 0.0933. The number of carboxylic acid groups (broad SMARTS) is 1. The van der Waals surface area contributed by atoms with Gasteiger partial charge in [0.05, 0.1) is 6.10 Å². The second-order valence-electron chi connectivity index (χ2n) is 10.3. The van der Waals surface area contributed by atoms with Crippen molar-refractivity contribution in [2.45, 2.75) is 91.1 Å². The maximum Gasteiger partial charge on any atom is 0.303 e. The van der Waals surface area contributed by atoms with Crippen LogP contribution >= 0.6 is 0 Å². The largest absolute Gasteiger partial charge is 0.481 e. The molecule has 4 rings (SSSR count). The molecule has 0 saturated heterocycles. The smallest absolute Gasteiger partial charge is 0.303 e. The Morgan fingerprint density at radius 2 is 2.00 bits per heavy atom. The maximum absolute atomic E-state index is 11.0. The van der Waals surface area contributed by atoms with E-state index in [1.165, 1.54) is 25.7 Å². The van der Waals surface area contributed by atoms with Crippen LogP contribution in [0.4, 0.5) is 0 Å². The van der Waals surface area contributed by atoms with Crippen molar-refractivity contribution in [3.8, 4) is 0 Å². The van der Waals surface area contributed by atoms with Crippen molar-refractivity contribution in [1.82, 2.24) is 0 Å². The molecule has 0 unspecified atom stereocenters. The minimum Gasteiger partial charge on any atom is -0.481 e. The van der Waals surface area contributed by atoms with Gasteiger partial charge in [-0.2, -0.15) is 0 Å². The van der Waals surface area contributed by atoms with Gasteiger partial charge in [0, 0.05) is 6.42 Å². The Bertz CT molecular complexity index is 690. The summed E-state index contributed by atoms with van der Waals surface area (Å²) in [5, 5.41) is 19.2. The van der Waals surface area contributed by atoms with E-state index in [1.54, 1.807) is 16.7 Å². The molecule has 0 aromatic carbocycles. The van der Waals surface area contributed by atoms with E-state index < -0.39 is 5.97 Å². The SMILES string of the molecule is C[C@H](CCC(=O)O)[C@H]1CC=C2C3=C(CC[C@@]21C)[C@@]1(C)CC[C@H](O)C[C@@H]1CC3. The highest BCUT2D eigenvalue weighted by Crippen LogP contribution is 2.64. The van der Waals surface area contributed by atoms with Gasteiger partial charge in [-0.15, -0.1) is 0 Å². The van der Waals surface area contributed by atoms with E-state index in [0.717, 1.165) is 32.1 Å². The predicted molar refractivity (Wildman–Crippen MR) is 107 cm³/mol. The molecule has 0 bridgehead atoms. The molecule has 0 amide bonds. The van der Waals surface area contributed by atoms with Crippen molar-refractivity contribution in [2.24, 2.45) is 28.6 Å². The molecule has 4 aliphatic carbocycles. The average molecular weight is 373 g/mol. The fraction of sp³-hybridized carbons (Fsp3) is 0.792. The molecule has 3 heteroatoms. The lowest BCUT2D eigenvalue weighted by Crippen LogP contribution is -2.44. The van der Waals surface area contributed by atoms with Crippen LogP contribution in [0.5, 0.6) is 0 Å². The number of rotatable bonds is 4. The molecule has 0 aliphatic heterocycles. The Kier molecular flexibility index (Phi) is 4.81. The number of carboxylic acids is 1. The van der Waals surface area contributed by atoms with Gasteiger partial charge in [0.15, 0.2) is 0 Å². The third-order valence-corrected chi connectivity index (χ3v) is 8.98. The van der Waals surface area contributed by atoms with E-state index >= 15 is 0 Å². The fourth-order valence-corrected chi connectivity index (χ4v) is 7.28. The van der Waals surface area contributed by atoms with Gasteiger partial charge in [-0.25, -0.2) is 0 Å². The van der Waals surface area contributed by atoms with Crippen LogP contribution in [-0.2, 0) is 4.79 Å². The zero-order valence-electron chi connectivity index (χ0n) is 17.3. The van der Waals surface area contributed by atoms with Crippen molar-refractivity contribution < 1.29 is 15.0 Å². The van der Waals surface area contributed by atoms with Crippen molar-refractivity contribution in [1.29, 1.82) is 0 Å². The molecule has 0 spiro atoms. The van der Waals surface area contributed by atoms with E-state index in [0.29, 0.717) is 29.6 Å². The monoisotopic (exact) mass is 372 g/mol. The first kappa shape index (κ1) is 19.2. The van der Waals surface area contributed by atoms with Crippen molar-refractivity contribution >= 4 is 5.97 Å². The molecule has 1 saturated carbocycles. The van der Waals surface area contributed by atoms with Gasteiger partial charge in [0.25, 0.3) is 0 Å². The van der Waals surface area contributed by atoms with Crippen LogP contribution in [0, 0.1) is 28.6 Å². The number of carbonyl (C=O) groups is 1. The summed E-state index contributed by atoms with van der Waals surface area (Å²) in [7, 11) is 0. The number of fused-ring (bicyclic) bond motifs is 4. The Balaban J connectivity index is 1.60. The first-order valence-electron chi connectivity index (χ1n) is 11.1. The maximum atomic E-state index is 11.0. The molecule has 3 nitrogen and oxygen atoms in total. The van der Waals surface area contributed by atoms with Crippen LogP contribution in [0.2, 0.25) is 0 Å². The van der Waals surface area contributed by atoms with Crippen molar-refractivity contribution in [3.63, 3.8) is 0 Å². The van der Waals surface area contributed by atoms with E-state index in [2.05, 4.69) is 26.8 Å². The Morgan fingerprint density at radius 1 is 1.22 bits per heavy atom. The van der Waals surface area contributed by atoms with Crippen LogP contribution in [-0.4, -0.2) is 22.3 Å². The molecule has 27 heavy (non-hydrogen) atoms. The molecule has 4 aliphatic rings. The van der Waals surface area contributed by atoms with Crippen LogP contribution < -0.4 is 0 Å². The van der Waals surface area contributed by atoms with Gasteiger partial charge < -0.3 is 10.2 Å². The second kappa shape index (κ2) is 6.76. The standard InChI is InChI=1S/C24H36O3/c1-15(4-9-22(26)27)19-7-8-20-18-6-5-16-14-17(25)10-12-23(16,2)21(18)11-13-24(19,20)3/h8,15-17,19,25H,4-7,9-14H2,1-3H3,(H,26,27)/t15-,16+,17+,19-,23+,24-/m1/s1. The molecular weight excluding hydrogens is 336 g/mol. The summed E-state index contributed by atoms with van der Waals surface area (Å²) in [6, 6.07) is 0. The minimum atomic E-state index is -0.669. The highest BCUT2D eigenvalue weighted by atomic mass is 16.4. The summed E-state index contributed by atoms with van der Waals surface area (Å²) < 4.78 is 0. The van der Waals surface area contributed by atoms with Crippen LogP contribution in [0.1, 0.15) is 85.0 Å². The third-order valence-electron chi connectivity index (χ3n) is 8.98. The summed E-state index contributed by atoms with van der Waals surface area (Å²) in [5.74, 6) is 1.02. The molecule has 150 valence electrons. The topological polar surface area (TPSA) is 57.5 Å². The molecule has 0 aromatic heterocycles. The number of hydrogen-bond acceptors (Lipinski definition) is 2. The van der Waals surface area contributed by atoms with Gasteiger partial charge in [0.1, 0.15) is 0 Å². The first-order chi connectivity index (χ1) is 12.8. The normalized spacial score (nSPS) is 42.1. The number of aliphatic carboxylic acids is 1. The Labute approximate surface area is 163 Å². The van der Waals surface area contributed by atoms with Gasteiger partial charge in [-0.1, -0.05) is 32.4 Å². The summed E-state index contributed by atoms with van der Waals surface area (Å²) in [5.41, 5.74) is 5.51. The van der Waals surface area contributed by atoms with E-state index in [4.69, 9.17) is 5.11 Å². The summed E-state index contributed by atoms with van der Waals surface area (Å²) in [6.45, 7) is 7.19. The average Bonchev–Trinajstić information content (AvgIpc) is 2.97. The first-order valence-corrected chi connectivity index (χ1v) is 11.1. The molecular formula is C24H36O3. The molecule has 0 radical (unpaired) electrons.